The van der Waals surface area contributed by atoms with E-state index in [0.717, 1.165) is 0 Å². The molecule has 0 radical (unpaired) electrons. The molecule has 1 aromatic rings. The summed E-state index contributed by atoms with van der Waals surface area (Å²) in [7, 11) is 3.66. The van der Waals surface area contributed by atoms with Gasteiger partial charge in [0, 0.05) is 0 Å². The maximum absolute atomic E-state index is 11.6. The number of nitrogens with one attached hydrogen (secondary N) is 2. The first-order chi connectivity index (χ1) is 7.99. The minimum atomic E-state index is -0.0906. The Labute approximate surface area is 106 Å². The van der Waals surface area contributed by atoms with Gasteiger partial charge < -0.3 is 21.3 Å². The van der Waals surface area contributed by atoms with Crippen LogP contribution in [0.4, 0.5) is 11.4 Å². The van der Waals surface area contributed by atoms with Crippen LogP contribution < -0.4 is 16.4 Å². The lowest BCUT2D eigenvalue weighted by Crippen LogP contribution is -2.28. The molecule has 1 rings (SSSR count). The maximum Gasteiger partial charge on any atom is 0.238 e. The Morgan fingerprint density at radius 2 is 1.82 bits per heavy atom. The Bertz CT molecular complexity index is 420. The van der Waals surface area contributed by atoms with Crippen LogP contribution in [0.25, 0.3) is 0 Å². The zero-order chi connectivity index (χ0) is 12.8. The second-order valence-electron chi connectivity index (χ2n) is 3.82. The standard InChI is InChI=1S/C11H16N4OS/c1-15(2)7-10(16)13-8-5-3-4-6-9(8)14-11(12)17/h3-6H,7H2,1-2H3,(H,13,16)(H3,12,14,17). The summed E-state index contributed by atoms with van der Waals surface area (Å²) in [5.41, 5.74) is 6.75. The van der Waals surface area contributed by atoms with Gasteiger partial charge in [-0.15, -0.1) is 0 Å². The quantitative estimate of drug-likeness (QED) is 0.693. The molecule has 0 unspecified atom stereocenters. The van der Waals surface area contributed by atoms with Gasteiger partial charge in [0.05, 0.1) is 17.9 Å². The van der Waals surface area contributed by atoms with Crippen LogP contribution in [-0.2, 0) is 4.79 Å². The molecule has 0 spiro atoms. The van der Waals surface area contributed by atoms with Gasteiger partial charge >= 0.3 is 0 Å². The van der Waals surface area contributed by atoms with Crippen molar-refractivity contribution in [2.45, 2.75) is 0 Å². The van der Waals surface area contributed by atoms with Gasteiger partial charge in [0.25, 0.3) is 0 Å². The second-order valence-corrected chi connectivity index (χ2v) is 4.26. The highest BCUT2D eigenvalue weighted by Gasteiger charge is 2.07. The molecular formula is C11H16N4OS. The summed E-state index contributed by atoms with van der Waals surface area (Å²) in [6, 6.07) is 7.25. The average Bonchev–Trinajstić information content (AvgIpc) is 2.18. The van der Waals surface area contributed by atoms with Crippen molar-refractivity contribution in [1.29, 1.82) is 0 Å². The molecule has 0 aliphatic carbocycles. The number of nitrogens with two attached hydrogens (primary N) is 1. The SMILES string of the molecule is CN(C)CC(=O)Nc1ccccc1NC(N)=S. The third-order valence-corrected chi connectivity index (χ3v) is 2.02. The molecule has 0 saturated carbocycles. The van der Waals surface area contributed by atoms with E-state index in [9.17, 15) is 4.79 Å². The zero-order valence-electron chi connectivity index (χ0n) is 9.86. The fourth-order valence-electron chi connectivity index (χ4n) is 1.31. The average molecular weight is 252 g/mol. The number of anilines is 2. The number of carbonyl (C=O) groups is 1. The number of likely N-dealkylation sites (N-methyl/N-ethyl adjacent to an activating group) is 1. The summed E-state index contributed by atoms with van der Waals surface area (Å²) in [6.07, 6.45) is 0. The minimum Gasteiger partial charge on any atom is -0.376 e. The fourth-order valence-corrected chi connectivity index (χ4v) is 1.42. The topological polar surface area (TPSA) is 70.4 Å². The molecule has 0 aliphatic rings. The molecule has 17 heavy (non-hydrogen) atoms. The fraction of sp³-hybridized carbons (Fsp3) is 0.273. The maximum atomic E-state index is 11.6. The van der Waals surface area contributed by atoms with Gasteiger partial charge in [-0.1, -0.05) is 12.1 Å². The molecule has 92 valence electrons. The van der Waals surface area contributed by atoms with E-state index in [-0.39, 0.29) is 11.0 Å². The van der Waals surface area contributed by atoms with Crippen molar-refractivity contribution in [3.8, 4) is 0 Å². The summed E-state index contributed by atoms with van der Waals surface area (Å²) in [6.45, 7) is 0.321. The van der Waals surface area contributed by atoms with E-state index in [0.29, 0.717) is 17.9 Å². The first-order valence-corrected chi connectivity index (χ1v) is 5.50. The van der Waals surface area contributed by atoms with Gasteiger partial charge in [-0.05, 0) is 38.4 Å². The number of carbonyl (C=O) groups excluding carboxylic acids is 1. The van der Waals surface area contributed by atoms with Crippen LogP contribution in [0.15, 0.2) is 24.3 Å². The molecule has 0 aliphatic heterocycles. The number of nitrogens with zero attached hydrogens (tertiary/aromatic N) is 1. The number of amides is 1. The van der Waals surface area contributed by atoms with Gasteiger partial charge in [-0.25, -0.2) is 0 Å². The van der Waals surface area contributed by atoms with Gasteiger partial charge in [0.15, 0.2) is 5.11 Å². The van der Waals surface area contributed by atoms with Crippen molar-refractivity contribution in [2.24, 2.45) is 5.73 Å². The lowest BCUT2D eigenvalue weighted by molar-refractivity contribution is -0.116. The Hall–Kier alpha value is -1.66. The molecule has 0 fully saturated rings. The van der Waals surface area contributed by atoms with Crippen LogP contribution >= 0.6 is 12.2 Å². The highest BCUT2D eigenvalue weighted by molar-refractivity contribution is 7.80. The number of rotatable bonds is 4. The van der Waals surface area contributed by atoms with E-state index in [1.54, 1.807) is 17.0 Å². The predicted octanol–water partition coefficient (Wildman–Crippen LogP) is 0.842. The largest absolute Gasteiger partial charge is 0.376 e. The second kappa shape index (κ2) is 6.17. The summed E-state index contributed by atoms with van der Waals surface area (Å²) >= 11 is 4.77. The summed E-state index contributed by atoms with van der Waals surface area (Å²) in [4.78, 5) is 13.4. The van der Waals surface area contributed by atoms with Crippen molar-refractivity contribution in [3.05, 3.63) is 24.3 Å². The number of benzene rings is 1. The van der Waals surface area contributed by atoms with E-state index in [4.69, 9.17) is 18.0 Å². The van der Waals surface area contributed by atoms with E-state index in [2.05, 4.69) is 10.6 Å². The number of para-hydroxylation sites is 2. The van der Waals surface area contributed by atoms with Gasteiger partial charge in [0.1, 0.15) is 0 Å². The summed E-state index contributed by atoms with van der Waals surface area (Å²) < 4.78 is 0. The normalized spacial score (nSPS) is 10.1. The van der Waals surface area contributed by atoms with Gasteiger partial charge in [-0.3, -0.25) is 4.79 Å². The highest BCUT2D eigenvalue weighted by Crippen LogP contribution is 2.20. The van der Waals surface area contributed by atoms with E-state index in [1.165, 1.54) is 0 Å². The molecule has 0 atom stereocenters. The van der Waals surface area contributed by atoms with Gasteiger partial charge in [-0.2, -0.15) is 0 Å². The number of hydrogen-bond donors (Lipinski definition) is 3. The molecule has 1 amide bonds. The van der Waals surface area contributed by atoms with Crippen LogP contribution in [0.5, 0.6) is 0 Å². The van der Waals surface area contributed by atoms with E-state index in [1.807, 2.05) is 26.2 Å². The Morgan fingerprint density at radius 1 is 1.29 bits per heavy atom. The van der Waals surface area contributed by atoms with Crippen molar-refractivity contribution in [2.75, 3.05) is 31.3 Å². The van der Waals surface area contributed by atoms with E-state index >= 15 is 0 Å². The summed E-state index contributed by atoms with van der Waals surface area (Å²) in [5, 5.41) is 5.77. The molecule has 1 aromatic carbocycles. The molecule has 0 saturated heterocycles. The minimum absolute atomic E-state index is 0.0906. The van der Waals surface area contributed by atoms with Crippen molar-refractivity contribution < 1.29 is 4.79 Å². The first kappa shape index (κ1) is 13.4. The smallest absolute Gasteiger partial charge is 0.238 e. The third-order valence-electron chi connectivity index (χ3n) is 1.92. The van der Waals surface area contributed by atoms with Crippen LogP contribution in [-0.4, -0.2) is 36.6 Å². The molecule has 0 bridgehead atoms. The zero-order valence-corrected chi connectivity index (χ0v) is 10.7. The molecule has 6 heteroatoms. The van der Waals surface area contributed by atoms with Crippen molar-refractivity contribution in [1.82, 2.24) is 4.90 Å². The number of thiocarbonyl (C=S) groups is 1. The van der Waals surface area contributed by atoms with Crippen LogP contribution in [0, 0.1) is 0 Å². The molecule has 4 N–H and O–H groups in total. The molecule has 0 aromatic heterocycles. The Kier molecular flexibility index (Phi) is 4.86. The van der Waals surface area contributed by atoms with Crippen LogP contribution in [0.3, 0.4) is 0 Å². The van der Waals surface area contributed by atoms with E-state index < -0.39 is 0 Å². The van der Waals surface area contributed by atoms with Crippen molar-refractivity contribution >= 4 is 34.6 Å². The Balaban J connectivity index is 2.76. The Morgan fingerprint density at radius 3 is 2.29 bits per heavy atom. The first-order valence-electron chi connectivity index (χ1n) is 5.09. The number of hydrogen-bond acceptors (Lipinski definition) is 3. The van der Waals surface area contributed by atoms with Crippen LogP contribution in [0.2, 0.25) is 0 Å². The van der Waals surface area contributed by atoms with Gasteiger partial charge in [0.2, 0.25) is 5.91 Å². The molecule has 0 heterocycles. The van der Waals surface area contributed by atoms with Crippen molar-refractivity contribution in [3.63, 3.8) is 0 Å². The summed E-state index contributed by atoms with van der Waals surface area (Å²) in [5.74, 6) is -0.0906. The lowest BCUT2D eigenvalue weighted by Gasteiger charge is -2.13. The monoisotopic (exact) mass is 252 g/mol. The van der Waals surface area contributed by atoms with Crippen LogP contribution in [0.1, 0.15) is 0 Å². The predicted molar refractivity (Wildman–Crippen MR) is 74.0 cm³/mol. The third kappa shape index (κ3) is 4.80. The highest BCUT2D eigenvalue weighted by atomic mass is 32.1. The lowest BCUT2D eigenvalue weighted by atomic mass is 10.2. The molecular weight excluding hydrogens is 236 g/mol. The molecule has 5 nitrogen and oxygen atoms in total.